The number of nitrogens with one attached hydrogen (secondary N) is 1. The van der Waals surface area contributed by atoms with E-state index in [4.69, 9.17) is 4.74 Å². The number of hydrogen-bond acceptors (Lipinski definition) is 4. The summed E-state index contributed by atoms with van der Waals surface area (Å²) in [6.45, 7) is 1.83. The fourth-order valence-corrected chi connectivity index (χ4v) is 0.593. The predicted octanol–water partition coefficient (Wildman–Crippen LogP) is -0.430. The van der Waals surface area contributed by atoms with Crippen molar-refractivity contribution in [3.05, 3.63) is 0 Å². The molecule has 1 rings (SSSR count). The van der Waals surface area contributed by atoms with Gasteiger partial charge in [-0.1, -0.05) is 0 Å². The van der Waals surface area contributed by atoms with Crippen LogP contribution in [0.5, 0.6) is 0 Å². The highest BCUT2D eigenvalue weighted by Gasteiger charge is 2.21. The van der Waals surface area contributed by atoms with Gasteiger partial charge in [0, 0.05) is 6.54 Å². The molecule has 0 aromatic carbocycles. The molecule has 11 heavy (non-hydrogen) atoms. The number of methoxy groups -OCH3 is 1. The minimum Gasteiger partial charge on any atom is -0.468 e. The Labute approximate surface area is 71.6 Å². The molecule has 0 bridgehead atoms. The first-order valence-electron chi connectivity index (χ1n) is 3.22. The van der Waals surface area contributed by atoms with E-state index in [9.17, 15) is 4.79 Å². The molecule has 4 nitrogen and oxygen atoms in total. The zero-order valence-electron chi connectivity index (χ0n) is 6.33. The Hall–Kier alpha value is -0.320. The van der Waals surface area contributed by atoms with E-state index in [1.54, 1.807) is 0 Å². The Bertz CT molecular complexity index is 127. The normalized spacial score (nSPS) is 20.3. The molecule has 66 valence electrons. The van der Waals surface area contributed by atoms with Crippen molar-refractivity contribution in [3.63, 3.8) is 0 Å². The largest absolute Gasteiger partial charge is 0.468 e. The number of rotatable bonds is 4. The van der Waals surface area contributed by atoms with Crippen molar-refractivity contribution < 1.29 is 14.3 Å². The van der Waals surface area contributed by atoms with Crippen molar-refractivity contribution in [2.24, 2.45) is 0 Å². The third-order valence-corrected chi connectivity index (χ3v) is 1.27. The van der Waals surface area contributed by atoms with Crippen LogP contribution in [0.4, 0.5) is 0 Å². The second kappa shape index (κ2) is 5.35. The Kier molecular flexibility index (Phi) is 5.19. The van der Waals surface area contributed by atoms with Crippen molar-refractivity contribution in [1.82, 2.24) is 5.32 Å². The summed E-state index contributed by atoms with van der Waals surface area (Å²) in [4.78, 5) is 10.5. The van der Waals surface area contributed by atoms with Gasteiger partial charge in [-0.25, -0.2) is 0 Å². The van der Waals surface area contributed by atoms with Crippen molar-refractivity contribution >= 4 is 18.4 Å². The predicted molar refractivity (Wildman–Crippen MR) is 41.9 cm³/mol. The fraction of sp³-hybridized carbons (Fsp3) is 0.833. The monoisotopic (exact) mass is 181 g/mol. The van der Waals surface area contributed by atoms with Gasteiger partial charge < -0.3 is 14.8 Å². The number of carbonyl (C=O) groups is 1. The molecule has 1 N–H and O–H groups in total. The van der Waals surface area contributed by atoms with E-state index >= 15 is 0 Å². The van der Waals surface area contributed by atoms with Gasteiger partial charge in [-0.15, -0.1) is 12.4 Å². The minimum atomic E-state index is -0.236. The van der Waals surface area contributed by atoms with Gasteiger partial charge in [0.05, 0.1) is 26.4 Å². The smallest absolute Gasteiger partial charge is 0.319 e. The van der Waals surface area contributed by atoms with Crippen LogP contribution in [0.15, 0.2) is 0 Å². The molecular formula is C6H12ClNO3. The van der Waals surface area contributed by atoms with Gasteiger partial charge in [-0.3, -0.25) is 4.79 Å². The van der Waals surface area contributed by atoms with Crippen LogP contribution in [0.2, 0.25) is 0 Å². The van der Waals surface area contributed by atoms with Crippen LogP contribution in [0.1, 0.15) is 0 Å². The molecule has 0 spiro atoms. The lowest BCUT2D eigenvalue weighted by Gasteiger charge is -1.98. The molecule has 1 aliphatic rings. The quantitative estimate of drug-likeness (QED) is 0.473. The number of epoxide rings is 1. The van der Waals surface area contributed by atoms with Crippen LogP contribution < -0.4 is 5.32 Å². The fourth-order valence-electron chi connectivity index (χ4n) is 0.593. The zero-order chi connectivity index (χ0) is 7.40. The van der Waals surface area contributed by atoms with Gasteiger partial charge >= 0.3 is 5.97 Å². The summed E-state index contributed by atoms with van der Waals surface area (Å²) in [7, 11) is 1.37. The Morgan fingerprint density at radius 2 is 2.45 bits per heavy atom. The van der Waals surface area contributed by atoms with Gasteiger partial charge in [0.1, 0.15) is 0 Å². The molecule has 1 aliphatic heterocycles. The Balaban J connectivity index is 0.000001000. The Morgan fingerprint density at radius 1 is 1.82 bits per heavy atom. The maximum Gasteiger partial charge on any atom is 0.319 e. The third kappa shape index (κ3) is 5.01. The number of halogens is 1. The average Bonchev–Trinajstić information content (AvgIpc) is 2.71. The molecule has 1 fully saturated rings. The maximum absolute atomic E-state index is 10.5. The van der Waals surface area contributed by atoms with E-state index in [-0.39, 0.29) is 24.9 Å². The zero-order valence-corrected chi connectivity index (χ0v) is 7.15. The van der Waals surface area contributed by atoms with Crippen molar-refractivity contribution in [2.45, 2.75) is 6.10 Å². The van der Waals surface area contributed by atoms with Gasteiger partial charge in [0.2, 0.25) is 0 Å². The molecule has 1 unspecified atom stereocenters. The van der Waals surface area contributed by atoms with Crippen molar-refractivity contribution in [1.29, 1.82) is 0 Å². The number of hydrogen-bond donors (Lipinski definition) is 1. The van der Waals surface area contributed by atoms with Crippen LogP contribution in [-0.4, -0.2) is 38.9 Å². The molecule has 0 aromatic heterocycles. The lowest BCUT2D eigenvalue weighted by atomic mass is 10.5. The minimum absolute atomic E-state index is 0. The van der Waals surface area contributed by atoms with E-state index in [1.165, 1.54) is 7.11 Å². The SMILES string of the molecule is COC(=O)CNCC1CO1.Cl. The summed E-state index contributed by atoms with van der Waals surface area (Å²) in [5.41, 5.74) is 0. The summed E-state index contributed by atoms with van der Waals surface area (Å²) in [5.74, 6) is -0.236. The van der Waals surface area contributed by atoms with E-state index in [2.05, 4.69) is 10.1 Å². The molecule has 0 aliphatic carbocycles. The van der Waals surface area contributed by atoms with Gasteiger partial charge in [0.15, 0.2) is 0 Å². The van der Waals surface area contributed by atoms with E-state index in [0.29, 0.717) is 6.10 Å². The molecule has 1 heterocycles. The highest BCUT2D eigenvalue weighted by atomic mass is 35.5. The molecule has 0 amide bonds. The third-order valence-electron chi connectivity index (χ3n) is 1.27. The van der Waals surface area contributed by atoms with Crippen LogP contribution in [0.3, 0.4) is 0 Å². The summed E-state index contributed by atoms with van der Waals surface area (Å²) >= 11 is 0. The van der Waals surface area contributed by atoms with Crippen LogP contribution >= 0.6 is 12.4 Å². The number of ether oxygens (including phenoxy) is 2. The standard InChI is InChI=1S/C6H11NO3.ClH/c1-9-6(8)3-7-2-5-4-10-5;/h5,7H,2-4H2,1H3;1H. The van der Waals surface area contributed by atoms with Gasteiger partial charge in [-0.05, 0) is 0 Å². The van der Waals surface area contributed by atoms with E-state index in [0.717, 1.165) is 13.2 Å². The lowest BCUT2D eigenvalue weighted by Crippen LogP contribution is -2.27. The first kappa shape index (κ1) is 10.7. The topological polar surface area (TPSA) is 50.9 Å². The van der Waals surface area contributed by atoms with Crippen molar-refractivity contribution in [2.75, 3.05) is 26.8 Å². The first-order chi connectivity index (χ1) is 4.83. The molecule has 0 radical (unpaired) electrons. The second-order valence-electron chi connectivity index (χ2n) is 2.16. The molecule has 1 atom stereocenters. The summed E-state index contributed by atoms with van der Waals surface area (Å²) in [5, 5.41) is 2.90. The second-order valence-corrected chi connectivity index (χ2v) is 2.16. The van der Waals surface area contributed by atoms with E-state index in [1.807, 2.05) is 0 Å². The molecule has 5 heteroatoms. The molecule has 1 saturated heterocycles. The van der Waals surface area contributed by atoms with Crippen LogP contribution in [0, 0.1) is 0 Å². The Morgan fingerprint density at radius 3 is 2.91 bits per heavy atom. The first-order valence-corrected chi connectivity index (χ1v) is 3.22. The number of carbonyl (C=O) groups excluding carboxylic acids is 1. The molecule has 0 aromatic rings. The van der Waals surface area contributed by atoms with Crippen molar-refractivity contribution in [3.8, 4) is 0 Å². The summed E-state index contributed by atoms with van der Waals surface area (Å²) in [6, 6.07) is 0. The van der Waals surface area contributed by atoms with Gasteiger partial charge in [-0.2, -0.15) is 0 Å². The van der Waals surface area contributed by atoms with Crippen LogP contribution in [0.25, 0.3) is 0 Å². The van der Waals surface area contributed by atoms with Gasteiger partial charge in [0.25, 0.3) is 0 Å². The van der Waals surface area contributed by atoms with E-state index < -0.39 is 0 Å². The lowest BCUT2D eigenvalue weighted by molar-refractivity contribution is -0.139. The molecular weight excluding hydrogens is 170 g/mol. The highest BCUT2D eigenvalue weighted by molar-refractivity contribution is 5.85. The molecule has 0 saturated carbocycles. The summed E-state index contributed by atoms with van der Waals surface area (Å²) in [6.07, 6.45) is 0.324. The average molecular weight is 182 g/mol. The van der Waals surface area contributed by atoms with Crippen LogP contribution in [-0.2, 0) is 14.3 Å². The maximum atomic E-state index is 10.5. The highest BCUT2D eigenvalue weighted by Crippen LogP contribution is 2.05. The number of esters is 1. The summed E-state index contributed by atoms with van der Waals surface area (Å²) < 4.78 is 9.32.